The summed E-state index contributed by atoms with van der Waals surface area (Å²) < 4.78 is 25.4. The lowest BCUT2D eigenvalue weighted by Crippen LogP contribution is -2.16. The van der Waals surface area contributed by atoms with E-state index in [9.17, 15) is 4.39 Å². The Morgan fingerprint density at radius 1 is 1.14 bits per heavy atom. The van der Waals surface area contributed by atoms with E-state index in [-0.39, 0.29) is 5.82 Å². The minimum Gasteiger partial charge on any atom is -0.496 e. The number of halogens is 2. The van der Waals surface area contributed by atoms with E-state index in [1.54, 1.807) is 26.4 Å². The van der Waals surface area contributed by atoms with Gasteiger partial charge in [-0.3, -0.25) is 0 Å². The minimum absolute atomic E-state index is 0.275. The van der Waals surface area contributed by atoms with Gasteiger partial charge in [0.2, 0.25) is 0 Å². The Morgan fingerprint density at radius 3 is 2.33 bits per heavy atom. The van der Waals surface area contributed by atoms with E-state index >= 15 is 0 Å². The van der Waals surface area contributed by atoms with Crippen molar-refractivity contribution in [2.45, 2.75) is 12.5 Å². The quantitative estimate of drug-likeness (QED) is 0.887. The summed E-state index contributed by atoms with van der Waals surface area (Å²) in [5.74, 6) is 0.997. The fraction of sp³-hybridized carbons (Fsp3) is 0.250. The topological polar surface area (TPSA) is 44.5 Å². The van der Waals surface area contributed by atoms with Gasteiger partial charge in [0, 0.05) is 10.5 Å². The number of hydrogen-bond donors (Lipinski definition) is 1. The first-order valence-electron chi connectivity index (χ1n) is 6.47. The van der Waals surface area contributed by atoms with E-state index in [2.05, 4.69) is 15.9 Å². The third-order valence-corrected chi connectivity index (χ3v) is 3.78. The average Bonchev–Trinajstić information content (AvgIpc) is 2.49. The second-order valence-electron chi connectivity index (χ2n) is 4.62. The molecule has 1 atom stereocenters. The number of hydrogen-bond acceptors (Lipinski definition) is 3. The van der Waals surface area contributed by atoms with Gasteiger partial charge in [0.1, 0.15) is 17.3 Å². The summed E-state index contributed by atoms with van der Waals surface area (Å²) in [5.41, 5.74) is 7.54. The van der Waals surface area contributed by atoms with E-state index in [1.807, 2.05) is 18.2 Å². The molecule has 112 valence electrons. The zero-order valence-corrected chi connectivity index (χ0v) is 13.5. The molecule has 5 heteroatoms. The first kappa shape index (κ1) is 15.8. The summed E-state index contributed by atoms with van der Waals surface area (Å²) in [6.45, 7) is 0. The molecule has 2 N–H and O–H groups in total. The summed E-state index contributed by atoms with van der Waals surface area (Å²) in [7, 11) is 3.15. The molecule has 0 radical (unpaired) electrons. The molecule has 1 unspecified atom stereocenters. The van der Waals surface area contributed by atoms with Crippen LogP contribution in [0.3, 0.4) is 0 Å². The Kier molecular flexibility index (Phi) is 5.20. The third kappa shape index (κ3) is 3.54. The van der Waals surface area contributed by atoms with Crippen molar-refractivity contribution in [2.75, 3.05) is 14.2 Å². The molecular weight excluding hydrogens is 337 g/mol. The van der Waals surface area contributed by atoms with Crippen LogP contribution in [0.15, 0.2) is 40.9 Å². The maximum Gasteiger partial charge on any atom is 0.127 e. The molecule has 0 saturated carbocycles. The predicted octanol–water partition coefficient (Wildman–Crippen LogP) is 3.85. The monoisotopic (exact) mass is 353 g/mol. The van der Waals surface area contributed by atoms with Crippen LogP contribution in [0, 0.1) is 5.82 Å². The highest BCUT2D eigenvalue weighted by Crippen LogP contribution is 2.34. The number of nitrogens with two attached hydrogens (primary N) is 1. The summed E-state index contributed by atoms with van der Waals surface area (Å²) in [4.78, 5) is 0. The van der Waals surface area contributed by atoms with Crippen LogP contribution in [0.4, 0.5) is 4.39 Å². The number of rotatable bonds is 5. The lowest BCUT2D eigenvalue weighted by molar-refractivity contribution is 0.378. The highest BCUT2D eigenvalue weighted by Gasteiger charge is 2.19. The zero-order chi connectivity index (χ0) is 15.4. The molecule has 0 aliphatic heterocycles. The van der Waals surface area contributed by atoms with E-state index < -0.39 is 6.04 Å². The van der Waals surface area contributed by atoms with Crippen LogP contribution in [0.5, 0.6) is 11.5 Å². The van der Waals surface area contributed by atoms with Gasteiger partial charge in [0.05, 0.1) is 19.8 Å². The minimum atomic E-state index is -0.431. The van der Waals surface area contributed by atoms with Crippen LogP contribution in [-0.2, 0) is 6.42 Å². The largest absolute Gasteiger partial charge is 0.496 e. The molecule has 0 saturated heterocycles. The molecule has 2 aromatic rings. The van der Waals surface area contributed by atoms with Crippen LogP contribution >= 0.6 is 15.9 Å². The van der Waals surface area contributed by atoms with Crippen molar-refractivity contribution in [2.24, 2.45) is 5.73 Å². The lowest BCUT2D eigenvalue weighted by Gasteiger charge is -2.19. The van der Waals surface area contributed by atoms with Gasteiger partial charge in [0.25, 0.3) is 0 Å². The first-order valence-corrected chi connectivity index (χ1v) is 7.26. The van der Waals surface area contributed by atoms with Crippen LogP contribution in [0.2, 0.25) is 0 Å². The molecule has 0 heterocycles. The third-order valence-electron chi connectivity index (χ3n) is 3.28. The number of ether oxygens (including phenoxy) is 2. The fourth-order valence-electron chi connectivity index (χ4n) is 2.28. The molecule has 0 aliphatic carbocycles. The molecule has 0 fully saturated rings. The lowest BCUT2D eigenvalue weighted by atomic mass is 9.97. The van der Waals surface area contributed by atoms with Crippen LogP contribution in [0.1, 0.15) is 17.2 Å². The van der Waals surface area contributed by atoms with Crippen molar-refractivity contribution in [1.82, 2.24) is 0 Å². The van der Waals surface area contributed by atoms with Gasteiger partial charge in [-0.1, -0.05) is 22.0 Å². The van der Waals surface area contributed by atoms with Gasteiger partial charge in [-0.15, -0.1) is 0 Å². The molecule has 2 aromatic carbocycles. The van der Waals surface area contributed by atoms with Gasteiger partial charge >= 0.3 is 0 Å². The first-order chi connectivity index (χ1) is 10.1. The molecule has 0 spiro atoms. The molecule has 3 nitrogen and oxygen atoms in total. The average molecular weight is 354 g/mol. The smallest absolute Gasteiger partial charge is 0.127 e. The van der Waals surface area contributed by atoms with Gasteiger partial charge in [0.15, 0.2) is 0 Å². The van der Waals surface area contributed by atoms with Crippen LogP contribution in [0.25, 0.3) is 0 Å². The zero-order valence-electron chi connectivity index (χ0n) is 11.9. The maximum absolute atomic E-state index is 13.9. The highest BCUT2D eigenvalue weighted by molar-refractivity contribution is 9.10. The highest BCUT2D eigenvalue weighted by atomic mass is 79.9. The fourth-order valence-corrected chi connectivity index (χ4v) is 2.69. The van der Waals surface area contributed by atoms with E-state index in [1.165, 1.54) is 6.07 Å². The summed E-state index contributed by atoms with van der Waals surface area (Å²) in [6.07, 6.45) is 0.349. The van der Waals surface area contributed by atoms with Gasteiger partial charge in [-0.05, 0) is 42.3 Å². The van der Waals surface area contributed by atoms with Gasteiger partial charge < -0.3 is 15.2 Å². The van der Waals surface area contributed by atoms with Crippen molar-refractivity contribution < 1.29 is 13.9 Å². The van der Waals surface area contributed by atoms with Crippen molar-refractivity contribution in [3.05, 3.63) is 57.8 Å². The van der Waals surface area contributed by atoms with Crippen molar-refractivity contribution in [3.63, 3.8) is 0 Å². The van der Waals surface area contributed by atoms with Crippen LogP contribution < -0.4 is 15.2 Å². The van der Waals surface area contributed by atoms with E-state index in [0.717, 1.165) is 10.0 Å². The van der Waals surface area contributed by atoms with Crippen molar-refractivity contribution in [3.8, 4) is 11.5 Å². The maximum atomic E-state index is 13.9. The molecule has 0 amide bonds. The summed E-state index contributed by atoms with van der Waals surface area (Å²) >= 11 is 3.34. The Balaban J connectivity index is 2.36. The number of benzene rings is 2. The number of methoxy groups -OCH3 is 2. The Bertz CT molecular complexity index is 611. The van der Waals surface area contributed by atoms with Crippen LogP contribution in [-0.4, -0.2) is 14.2 Å². The van der Waals surface area contributed by atoms with Gasteiger partial charge in [-0.2, -0.15) is 0 Å². The molecule has 0 bridgehead atoms. The summed E-state index contributed by atoms with van der Waals surface area (Å²) in [5, 5.41) is 0. The Hall–Kier alpha value is -1.59. The predicted molar refractivity (Wildman–Crippen MR) is 84.3 cm³/mol. The SMILES string of the molecule is COc1cccc(OC)c1C(N)Cc1cc(Br)ccc1F. The normalized spacial score (nSPS) is 12.0. The van der Waals surface area contributed by atoms with E-state index in [4.69, 9.17) is 15.2 Å². The second-order valence-corrected chi connectivity index (χ2v) is 5.54. The molecule has 21 heavy (non-hydrogen) atoms. The van der Waals surface area contributed by atoms with Crippen molar-refractivity contribution in [1.29, 1.82) is 0 Å². The second kappa shape index (κ2) is 6.91. The molecule has 2 rings (SSSR count). The molecular formula is C16H17BrFNO2. The Labute approximate surface area is 132 Å². The standard InChI is InChI=1S/C16H17BrFNO2/c1-20-14-4-3-5-15(21-2)16(14)13(19)9-10-8-11(17)6-7-12(10)18/h3-8,13H,9,19H2,1-2H3. The van der Waals surface area contributed by atoms with Crippen molar-refractivity contribution >= 4 is 15.9 Å². The molecule has 0 aliphatic rings. The molecule has 0 aromatic heterocycles. The van der Waals surface area contributed by atoms with Gasteiger partial charge in [-0.25, -0.2) is 4.39 Å². The van der Waals surface area contributed by atoms with E-state index in [0.29, 0.717) is 23.5 Å². The Morgan fingerprint density at radius 2 is 1.76 bits per heavy atom. The summed E-state index contributed by atoms with van der Waals surface area (Å²) in [6, 6.07) is 9.84.